The number of hydrogen-bond acceptors (Lipinski definition) is 2. The van der Waals surface area contributed by atoms with Crippen molar-refractivity contribution in [3.8, 4) is 5.75 Å². The van der Waals surface area contributed by atoms with Gasteiger partial charge in [-0.15, -0.1) is 0 Å². The van der Waals surface area contributed by atoms with Gasteiger partial charge in [0.1, 0.15) is 5.75 Å². The Bertz CT molecular complexity index is 464. The summed E-state index contributed by atoms with van der Waals surface area (Å²) < 4.78 is 4.88. The minimum Gasteiger partial charge on any atom is -0.449 e. The van der Waals surface area contributed by atoms with Crippen molar-refractivity contribution in [2.45, 2.75) is 66.2 Å². The number of carboxylic acid groups (broad SMARTS) is 1. The Kier molecular flexibility index (Phi) is 6.56. The summed E-state index contributed by atoms with van der Waals surface area (Å²) in [4.78, 5) is 10.7. The quantitative estimate of drug-likeness (QED) is 0.424. The molecule has 0 aliphatic heterocycles. The molecule has 0 saturated heterocycles. The molecule has 1 aromatic rings. The van der Waals surface area contributed by atoms with Crippen molar-refractivity contribution in [3.05, 3.63) is 28.3 Å². The zero-order valence-electron chi connectivity index (χ0n) is 13.1. The highest BCUT2D eigenvalue weighted by Crippen LogP contribution is 2.28. The Morgan fingerprint density at radius 3 is 2.30 bits per heavy atom. The highest BCUT2D eigenvalue weighted by atomic mass is 16.7. The van der Waals surface area contributed by atoms with Crippen molar-refractivity contribution in [2.24, 2.45) is 0 Å². The van der Waals surface area contributed by atoms with Crippen LogP contribution in [0.3, 0.4) is 0 Å². The zero-order valence-corrected chi connectivity index (χ0v) is 13.1. The summed E-state index contributed by atoms with van der Waals surface area (Å²) in [6.07, 6.45) is 5.94. The first kappa shape index (κ1) is 16.5. The second-order valence-electron chi connectivity index (χ2n) is 5.44. The number of aryl methyl sites for hydroxylation is 1. The van der Waals surface area contributed by atoms with Gasteiger partial charge in [0.25, 0.3) is 0 Å². The third-order valence-electron chi connectivity index (χ3n) is 4.03. The lowest BCUT2D eigenvalue weighted by Crippen LogP contribution is -2.07. The molecule has 0 saturated carbocycles. The van der Waals surface area contributed by atoms with E-state index in [0.29, 0.717) is 5.75 Å². The van der Waals surface area contributed by atoms with E-state index in [1.165, 1.54) is 36.8 Å². The Morgan fingerprint density at radius 2 is 1.70 bits per heavy atom. The third kappa shape index (κ3) is 4.55. The maximum atomic E-state index is 10.7. The molecule has 3 heteroatoms. The Hall–Kier alpha value is -1.51. The average molecular weight is 278 g/mol. The van der Waals surface area contributed by atoms with E-state index in [2.05, 4.69) is 13.8 Å². The molecule has 112 valence electrons. The molecule has 0 amide bonds. The molecule has 0 unspecified atom stereocenters. The summed E-state index contributed by atoms with van der Waals surface area (Å²) in [6.45, 7) is 8.25. The summed E-state index contributed by atoms with van der Waals surface area (Å²) in [5, 5.41) is 8.79. The van der Waals surface area contributed by atoms with Crippen LogP contribution >= 0.6 is 0 Å². The molecule has 1 rings (SSSR count). The maximum Gasteiger partial charge on any atom is 0.511 e. The predicted octanol–water partition coefficient (Wildman–Crippen LogP) is 5.18. The fraction of sp³-hybridized carbons (Fsp3) is 0.588. The Balaban J connectivity index is 2.79. The molecule has 0 bridgehead atoms. The van der Waals surface area contributed by atoms with E-state index in [0.717, 1.165) is 24.0 Å². The van der Waals surface area contributed by atoms with Gasteiger partial charge in [-0.05, 0) is 61.9 Å². The monoisotopic (exact) mass is 278 g/mol. The minimum absolute atomic E-state index is 0.476. The van der Waals surface area contributed by atoms with Gasteiger partial charge in [0.15, 0.2) is 0 Å². The second kappa shape index (κ2) is 7.93. The van der Waals surface area contributed by atoms with Crippen LogP contribution in [0.2, 0.25) is 0 Å². The molecular weight excluding hydrogens is 252 g/mol. The van der Waals surface area contributed by atoms with Crippen molar-refractivity contribution >= 4 is 6.16 Å². The molecule has 3 nitrogen and oxygen atoms in total. The number of rotatable bonds is 7. The largest absolute Gasteiger partial charge is 0.511 e. The molecule has 1 aromatic carbocycles. The SMILES string of the molecule is CCCCCCCc1cc(OC(=O)O)c(C)c(C)c1C. The standard InChI is InChI=1S/C17H26O3/c1-5-6-7-8-9-10-15-11-16(20-17(18)19)14(4)12(2)13(15)3/h11H,5-10H2,1-4H3,(H,18,19). The smallest absolute Gasteiger partial charge is 0.449 e. The van der Waals surface area contributed by atoms with Gasteiger partial charge in [0.05, 0.1) is 0 Å². The predicted molar refractivity (Wildman–Crippen MR) is 81.8 cm³/mol. The Morgan fingerprint density at radius 1 is 1.05 bits per heavy atom. The molecule has 0 aliphatic carbocycles. The lowest BCUT2D eigenvalue weighted by molar-refractivity contribution is 0.144. The van der Waals surface area contributed by atoms with Gasteiger partial charge < -0.3 is 9.84 Å². The normalized spacial score (nSPS) is 10.6. The Labute approximate surface area is 122 Å². The fourth-order valence-electron chi connectivity index (χ4n) is 2.46. The van der Waals surface area contributed by atoms with E-state index in [4.69, 9.17) is 9.84 Å². The van der Waals surface area contributed by atoms with E-state index in [-0.39, 0.29) is 0 Å². The summed E-state index contributed by atoms with van der Waals surface area (Å²) in [6, 6.07) is 1.89. The number of unbranched alkanes of at least 4 members (excludes halogenated alkanes) is 4. The summed E-state index contributed by atoms with van der Waals surface area (Å²) in [5.41, 5.74) is 4.52. The van der Waals surface area contributed by atoms with Gasteiger partial charge in [0, 0.05) is 0 Å². The first-order valence-electron chi connectivity index (χ1n) is 7.47. The van der Waals surface area contributed by atoms with Crippen molar-refractivity contribution in [1.29, 1.82) is 0 Å². The first-order chi connectivity index (χ1) is 9.47. The number of carbonyl (C=O) groups is 1. The van der Waals surface area contributed by atoms with Crippen molar-refractivity contribution in [3.63, 3.8) is 0 Å². The van der Waals surface area contributed by atoms with Gasteiger partial charge in [0.2, 0.25) is 0 Å². The van der Waals surface area contributed by atoms with Crippen LogP contribution in [0.15, 0.2) is 6.07 Å². The van der Waals surface area contributed by atoms with Crippen LogP contribution in [-0.4, -0.2) is 11.3 Å². The first-order valence-corrected chi connectivity index (χ1v) is 7.47. The van der Waals surface area contributed by atoms with Gasteiger partial charge in [-0.25, -0.2) is 4.79 Å². The van der Waals surface area contributed by atoms with E-state index >= 15 is 0 Å². The highest BCUT2D eigenvalue weighted by molar-refractivity contribution is 5.63. The number of ether oxygens (including phenoxy) is 1. The van der Waals surface area contributed by atoms with Crippen LogP contribution in [0.4, 0.5) is 4.79 Å². The summed E-state index contributed by atoms with van der Waals surface area (Å²) >= 11 is 0. The fourth-order valence-corrected chi connectivity index (χ4v) is 2.46. The lowest BCUT2D eigenvalue weighted by Gasteiger charge is -2.15. The second-order valence-corrected chi connectivity index (χ2v) is 5.44. The highest BCUT2D eigenvalue weighted by Gasteiger charge is 2.12. The van der Waals surface area contributed by atoms with Crippen LogP contribution in [0.5, 0.6) is 5.75 Å². The van der Waals surface area contributed by atoms with Crippen LogP contribution in [0, 0.1) is 20.8 Å². The average Bonchev–Trinajstić information content (AvgIpc) is 2.40. The minimum atomic E-state index is -1.25. The summed E-state index contributed by atoms with van der Waals surface area (Å²) in [5.74, 6) is 0.476. The molecule has 0 fully saturated rings. The van der Waals surface area contributed by atoms with Gasteiger partial charge >= 0.3 is 6.16 Å². The third-order valence-corrected chi connectivity index (χ3v) is 4.03. The molecule has 0 heterocycles. The maximum absolute atomic E-state index is 10.7. The van der Waals surface area contributed by atoms with E-state index in [1.54, 1.807) is 0 Å². The van der Waals surface area contributed by atoms with Crippen molar-refractivity contribution in [1.82, 2.24) is 0 Å². The van der Waals surface area contributed by atoms with Crippen LogP contribution in [-0.2, 0) is 6.42 Å². The topological polar surface area (TPSA) is 46.5 Å². The van der Waals surface area contributed by atoms with Gasteiger partial charge in [-0.2, -0.15) is 0 Å². The van der Waals surface area contributed by atoms with E-state index in [1.807, 2.05) is 19.9 Å². The van der Waals surface area contributed by atoms with Crippen molar-refractivity contribution in [2.75, 3.05) is 0 Å². The van der Waals surface area contributed by atoms with Crippen LogP contribution in [0.25, 0.3) is 0 Å². The van der Waals surface area contributed by atoms with E-state index < -0.39 is 6.16 Å². The summed E-state index contributed by atoms with van der Waals surface area (Å²) in [7, 11) is 0. The molecule has 0 radical (unpaired) electrons. The molecule has 20 heavy (non-hydrogen) atoms. The molecule has 0 aromatic heterocycles. The van der Waals surface area contributed by atoms with E-state index in [9.17, 15) is 4.79 Å². The van der Waals surface area contributed by atoms with Crippen molar-refractivity contribution < 1.29 is 14.6 Å². The molecule has 0 atom stereocenters. The number of hydrogen-bond donors (Lipinski definition) is 1. The van der Waals surface area contributed by atoms with Gasteiger partial charge in [-0.3, -0.25) is 0 Å². The van der Waals surface area contributed by atoms with Gasteiger partial charge in [-0.1, -0.05) is 32.6 Å². The molecule has 0 spiro atoms. The molecule has 0 aliphatic rings. The number of benzene rings is 1. The van der Waals surface area contributed by atoms with Crippen LogP contribution in [0.1, 0.15) is 61.3 Å². The molecular formula is C17H26O3. The van der Waals surface area contributed by atoms with Crippen LogP contribution < -0.4 is 4.74 Å². The zero-order chi connectivity index (χ0) is 15.1. The lowest BCUT2D eigenvalue weighted by atomic mass is 9.94. The molecule has 1 N–H and O–H groups in total.